The Labute approximate surface area is 132 Å². The lowest BCUT2D eigenvalue weighted by atomic mass is 10.1. The number of amides is 1. The highest BCUT2D eigenvalue weighted by Crippen LogP contribution is 2.26. The van der Waals surface area contributed by atoms with Crippen LogP contribution in [0.2, 0.25) is 0 Å². The zero-order valence-electron chi connectivity index (χ0n) is 12.4. The van der Waals surface area contributed by atoms with Gasteiger partial charge in [0.1, 0.15) is 5.82 Å². The van der Waals surface area contributed by atoms with Crippen LogP contribution in [0.1, 0.15) is 22.6 Å². The molecule has 1 aliphatic rings. The average Bonchev–Trinajstić information content (AvgIpc) is 3.12. The molecule has 4 nitrogen and oxygen atoms in total. The van der Waals surface area contributed by atoms with Crippen LogP contribution < -0.4 is 10.6 Å². The molecule has 2 aromatic rings. The summed E-state index contributed by atoms with van der Waals surface area (Å²) in [7, 11) is 0. The summed E-state index contributed by atoms with van der Waals surface area (Å²) in [5, 5.41) is 6.65. The Bertz CT molecular complexity index is 680. The van der Waals surface area contributed by atoms with Gasteiger partial charge in [0, 0.05) is 17.8 Å². The Morgan fingerprint density at radius 1 is 1.50 bits per heavy atom. The highest BCUT2D eigenvalue weighted by molar-refractivity contribution is 7.15. The van der Waals surface area contributed by atoms with Gasteiger partial charge in [0.15, 0.2) is 5.13 Å². The highest BCUT2D eigenvalue weighted by Gasteiger charge is 2.23. The second-order valence-corrected chi connectivity index (χ2v) is 6.56. The van der Waals surface area contributed by atoms with E-state index in [1.165, 1.54) is 17.4 Å². The van der Waals surface area contributed by atoms with Gasteiger partial charge in [0.05, 0.1) is 11.6 Å². The Morgan fingerprint density at radius 2 is 2.32 bits per heavy atom. The molecular weight excluding hydrogens is 301 g/mol. The Hall–Kier alpha value is -1.79. The van der Waals surface area contributed by atoms with Crippen LogP contribution in [0.4, 0.5) is 9.52 Å². The molecule has 3 rings (SSSR count). The molecule has 1 aliphatic heterocycles. The van der Waals surface area contributed by atoms with E-state index in [1.54, 1.807) is 12.1 Å². The topological polar surface area (TPSA) is 54.0 Å². The largest absolute Gasteiger partial charge is 0.316 e. The Balaban J connectivity index is 1.71. The number of aryl methyl sites for hydroxylation is 1. The third kappa shape index (κ3) is 3.34. The zero-order chi connectivity index (χ0) is 15.5. The molecule has 1 aromatic carbocycles. The SMILES string of the molecule is Cc1nc(NC(=O)C2CCNC2)sc1Cc1ccccc1F. The average molecular weight is 319 g/mol. The number of halogens is 1. The van der Waals surface area contributed by atoms with E-state index in [-0.39, 0.29) is 17.6 Å². The minimum atomic E-state index is -0.210. The summed E-state index contributed by atoms with van der Waals surface area (Å²) >= 11 is 1.42. The molecule has 6 heteroatoms. The molecule has 1 saturated heterocycles. The van der Waals surface area contributed by atoms with Crippen LogP contribution >= 0.6 is 11.3 Å². The maximum absolute atomic E-state index is 13.7. The summed E-state index contributed by atoms with van der Waals surface area (Å²) in [5.74, 6) is -0.187. The van der Waals surface area contributed by atoms with Gasteiger partial charge >= 0.3 is 0 Å². The lowest BCUT2D eigenvalue weighted by molar-refractivity contribution is -0.119. The highest BCUT2D eigenvalue weighted by atomic mass is 32.1. The Kier molecular flexibility index (Phi) is 4.49. The number of benzene rings is 1. The van der Waals surface area contributed by atoms with E-state index in [4.69, 9.17) is 0 Å². The summed E-state index contributed by atoms with van der Waals surface area (Å²) in [5.41, 5.74) is 1.49. The van der Waals surface area contributed by atoms with E-state index < -0.39 is 0 Å². The summed E-state index contributed by atoms with van der Waals surface area (Å²) in [6.45, 7) is 3.49. The normalized spacial score (nSPS) is 17.6. The molecule has 116 valence electrons. The molecule has 1 unspecified atom stereocenters. The van der Waals surface area contributed by atoms with E-state index in [9.17, 15) is 9.18 Å². The van der Waals surface area contributed by atoms with Crippen molar-refractivity contribution in [2.75, 3.05) is 18.4 Å². The molecule has 0 aliphatic carbocycles. The molecule has 22 heavy (non-hydrogen) atoms. The summed E-state index contributed by atoms with van der Waals surface area (Å²) in [6, 6.07) is 6.74. The minimum absolute atomic E-state index is 0.0104. The Morgan fingerprint density at radius 3 is 3.05 bits per heavy atom. The first-order valence-corrected chi connectivity index (χ1v) is 8.16. The van der Waals surface area contributed by atoms with Crippen molar-refractivity contribution in [1.82, 2.24) is 10.3 Å². The first kappa shape index (κ1) is 15.1. The van der Waals surface area contributed by atoms with E-state index in [0.717, 1.165) is 30.1 Å². The molecule has 0 spiro atoms. The number of nitrogens with zero attached hydrogens (tertiary/aromatic N) is 1. The van der Waals surface area contributed by atoms with Crippen LogP contribution in [0.15, 0.2) is 24.3 Å². The number of hydrogen-bond acceptors (Lipinski definition) is 4. The fourth-order valence-corrected chi connectivity index (χ4v) is 3.53. The fraction of sp³-hybridized carbons (Fsp3) is 0.375. The summed E-state index contributed by atoms with van der Waals surface area (Å²) in [4.78, 5) is 17.5. The second kappa shape index (κ2) is 6.54. The van der Waals surface area contributed by atoms with Crippen molar-refractivity contribution in [3.8, 4) is 0 Å². The lowest BCUT2D eigenvalue weighted by Gasteiger charge is -2.06. The number of hydrogen-bond donors (Lipinski definition) is 2. The first-order valence-electron chi connectivity index (χ1n) is 7.35. The van der Waals surface area contributed by atoms with E-state index in [0.29, 0.717) is 17.1 Å². The van der Waals surface area contributed by atoms with Gasteiger partial charge in [-0.15, -0.1) is 11.3 Å². The number of carbonyl (C=O) groups excluding carboxylic acids is 1. The van der Waals surface area contributed by atoms with E-state index in [1.807, 2.05) is 13.0 Å². The van der Waals surface area contributed by atoms with Gasteiger partial charge in [-0.25, -0.2) is 9.37 Å². The van der Waals surface area contributed by atoms with Gasteiger partial charge in [-0.2, -0.15) is 0 Å². The van der Waals surface area contributed by atoms with Crippen molar-refractivity contribution in [2.24, 2.45) is 5.92 Å². The van der Waals surface area contributed by atoms with Gasteiger partial charge in [-0.1, -0.05) is 18.2 Å². The smallest absolute Gasteiger partial charge is 0.230 e. The van der Waals surface area contributed by atoms with Gasteiger partial charge in [-0.05, 0) is 31.5 Å². The van der Waals surface area contributed by atoms with Gasteiger partial charge in [0.2, 0.25) is 5.91 Å². The second-order valence-electron chi connectivity index (χ2n) is 5.47. The molecule has 0 bridgehead atoms. The number of rotatable bonds is 4. The molecular formula is C16H18FN3OS. The number of aromatic nitrogens is 1. The predicted octanol–water partition coefficient (Wildman–Crippen LogP) is 2.73. The maximum Gasteiger partial charge on any atom is 0.230 e. The van der Waals surface area contributed by atoms with Crippen LogP contribution in [-0.4, -0.2) is 24.0 Å². The summed E-state index contributed by atoms with van der Waals surface area (Å²) in [6.07, 6.45) is 1.36. The van der Waals surface area contributed by atoms with E-state index >= 15 is 0 Å². The van der Waals surface area contributed by atoms with Crippen molar-refractivity contribution in [1.29, 1.82) is 0 Å². The third-order valence-corrected chi connectivity index (χ3v) is 4.94. The van der Waals surface area contributed by atoms with E-state index in [2.05, 4.69) is 15.6 Å². The van der Waals surface area contributed by atoms with Crippen molar-refractivity contribution < 1.29 is 9.18 Å². The van der Waals surface area contributed by atoms with Crippen molar-refractivity contribution >= 4 is 22.4 Å². The van der Waals surface area contributed by atoms with Gasteiger partial charge in [-0.3, -0.25) is 4.79 Å². The molecule has 1 aromatic heterocycles. The van der Waals surface area contributed by atoms with Crippen LogP contribution in [-0.2, 0) is 11.2 Å². The monoisotopic (exact) mass is 319 g/mol. The molecule has 0 radical (unpaired) electrons. The molecule has 2 heterocycles. The van der Waals surface area contributed by atoms with Crippen LogP contribution in [0.25, 0.3) is 0 Å². The van der Waals surface area contributed by atoms with Gasteiger partial charge in [0.25, 0.3) is 0 Å². The fourth-order valence-electron chi connectivity index (χ4n) is 2.55. The zero-order valence-corrected chi connectivity index (χ0v) is 13.2. The number of anilines is 1. The quantitative estimate of drug-likeness (QED) is 0.911. The number of nitrogens with one attached hydrogen (secondary N) is 2. The molecule has 1 fully saturated rings. The number of thiazole rings is 1. The lowest BCUT2D eigenvalue weighted by Crippen LogP contribution is -2.24. The van der Waals surface area contributed by atoms with Crippen LogP contribution in [0.3, 0.4) is 0 Å². The first-order chi connectivity index (χ1) is 10.6. The van der Waals surface area contributed by atoms with Crippen LogP contribution in [0.5, 0.6) is 0 Å². The van der Waals surface area contributed by atoms with Crippen molar-refractivity contribution in [3.05, 3.63) is 46.2 Å². The predicted molar refractivity (Wildman–Crippen MR) is 85.7 cm³/mol. The number of carbonyl (C=O) groups is 1. The van der Waals surface area contributed by atoms with Crippen molar-refractivity contribution in [2.45, 2.75) is 19.8 Å². The third-order valence-electron chi connectivity index (χ3n) is 3.86. The maximum atomic E-state index is 13.7. The summed E-state index contributed by atoms with van der Waals surface area (Å²) < 4.78 is 13.7. The molecule has 0 saturated carbocycles. The molecule has 2 N–H and O–H groups in total. The van der Waals surface area contributed by atoms with Crippen LogP contribution in [0, 0.1) is 18.7 Å². The molecule has 1 amide bonds. The molecule has 1 atom stereocenters. The minimum Gasteiger partial charge on any atom is -0.316 e. The standard InChI is InChI=1S/C16H18FN3OS/c1-10-14(8-11-4-2-3-5-13(11)17)22-16(19-10)20-15(21)12-6-7-18-9-12/h2-5,12,18H,6-9H2,1H3,(H,19,20,21). The van der Waals surface area contributed by atoms with Crippen molar-refractivity contribution in [3.63, 3.8) is 0 Å². The van der Waals surface area contributed by atoms with Gasteiger partial charge < -0.3 is 10.6 Å².